The number of aliphatic carboxylic acids is 1. The van der Waals surface area contributed by atoms with E-state index in [1.807, 2.05) is 0 Å². The van der Waals surface area contributed by atoms with E-state index < -0.39 is 5.97 Å². The molecule has 1 N–H and O–H groups in total. The van der Waals surface area contributed by atoms with Crippen molar-refractivity contribution in [1.82, 2.24) is 4.90 Å². The van der Waals surface area contributed by atoms with Crippen LogP contribution >= 0.6 is 0 Å². The SMILES string of the molecule is COCC1CCCN(C/C=C(/C)C(=O)O)C1. The van der Waals surface area contributed by atoms with Gasteiger partial charge in [-0.3, -0.25) is 4.90 Å². The van der Waals surface area contributed by atoms with Crippen LogP contribution in [0.4, 0.5) is 0 Å². The van der Waals surface area contributed by atoms with E-state index in [2.05, 4.69) is 4.90 Å². The Morgan fingerprint density at radius 1 is 1.62 bits per heavy atom. The fraction of sp³-hybridized carbons (Fsp3) is 0.750. The van der Waals surface area contributed by atoms with Gasteiger partial charge in [0.2, 0.25) is 0 Å². The molecule has 4 heteroatoms. The second-order valence-corrected chi connectivity index (χ2v) is 4.42. The van der Waals surface area contributed by atoms with Crippen molar-refractivity contribution in [1.29, 1.82) is 0 Å². The van der Waals surface area contributed by atoms with Gasteiger partial charge in [0.05, 0.1) is 6.61 Å². The fourth-order valence-electron chi connectivity index (χ4n) is 2.04. The molecule has 1 rings (SSSR count). The van der Waals surface area contributed by atoms with Crippen LogP contribution < -0.4 is 0 Å². The van der Waals surface area contributed by atoms with Gasteiger partial charge in [-0.25, -0.2) is 4.79 Å². The van der Waals surface area contributed by atoms with E-state index in [0.29, 0.717) is 11.5 Å². The van der Waals surface area contributed by atoms with E-state index in [4.69, 9.17) is 9.84 Å². The van der Waals surface area contributed by atoms with Crippen LogP contribution in [0.5, 0.6) is 0 Å². The molecular formula is C12H21NO3. The smallest absolute Gasteiger partial charge is 0.330 e. The van der Waals surface area contributed by atoms with Gasteiger partial charge in [0, 0.05) is 25.8 Å². The first-order valence-corrected chi connectivity index (χ1v) is 5.75. The summed E-state index contributed by atoms with van der Waals surface area (Å²) in [6, 6.07) is 0. The molecule has 1 aliphatic rings. The zero-order valence-electron chi connectivity index (χ0n) is 10.1. The van der Waals surface area contributed by atoms with Crippen LogP contribution in [0.25, 0.3) is 0 Å². The molecule has 1 atom stereocenters. The summed E-state index contributed by atoms with van der Waals surface area (Å²) in [4.78, 5) is 12.9. The Labute approximate surface area is 96.9 Å². The summed E-state index contributed by atoms with van der Waals surface area (Å²) in [6.45, 7) is 5.25. The molecule has 0 bridgehead atoms. The van der Waals surface area contributed by atoms with Gasteiger partial charge in [-0.1, -0.05) is 6.08 Å². The largest absolute Gasteiger partial charge is 0.478 e. The average molecular weight is 227 g/mol. The summed E-state index contributed by atoms with van der Waals surface area (Å²) < 4.78 is 5.16. The van der Waals surface area contributed by atoms with Crippen molar-refractivity contribution in [2.45, 2.75) is 19.8 Å². The second-order valence-electron chi connectivity index (χ2n) is 4.42. The summed E-state index contributed by atoms with van der Waals surface area (Å²) >= 11 is 0. The predicted molar refractivity (Wildman–Crippen MR) is 62.4 cm³/mol. The predicted octanol–water partition coefficient (Wildman–Crippen LogP) is 1.38. The number of nitrogens with zero attached hydrogens (tertiary/aromatic N) is 1. The Hall–Kier alpha value is -0.870. The topological polar surface area (TPSA) is 49.8 Å². The van der Waals surface area contributed by atoms with Crippen LogP contribution in [-0.4, -0.2) is 49.3 Å². The molecule has 4 nitrogen and oxygen atoms in total. The molecule has 0 aromatic heterocycles. The first-order valence-electron chi connectivity index (χ1n) is 5.75. The maximum absolute atomic E-state index is 10.6. The maximum atomic E-state index is 10.6. The highest BCUT2D eigenvalue weighted by Gasteiger charge is 2.18. The number of likely N-dealkylation sites (tertiary alicyclic amines) is 1. The molecule has 16 heavy (non-hydrogen) atoms. The molecule has 0 amide bonds. The Balaban J connectivity index is 2.37. The summed E-state index contributed by atoms with van der Waals surface area (Å²) in [5.41, 5.74) is 0.425. The lowest BCUT2D eigenvalue weighted by atomic mass is 9.99. The Morgan fingerprint density at radius 3 is 3.00 bits per heavy atom. The minimum absolute atomic E-state index is 0.425. The number of ether oxygens (including phenoxy) is 1. The number of piperidine rings is 1. The molecule has 1 saturated heterocycles. The Morgan fingerprint density at radius 2 is 2.38 bits per heavy atom. The standard InChI is InChI=1S/C12H21NO3/c1-10(12(14)15)5-7-13-6-3-4-11(8-13)9-16-2/h5,11H,3-4,6-9H2,1-2H3,(H,14,15)/b10-5-. The van der Waals surface area contributed by atoms with Gasteiger partial charge in [-0.2, -0.15) is 0 Å². The fourth-order valence-corrected chi connectivity index (χ4v) is 2.04. The quantitative estimate of drug-likeness (QED) is 0.721. The van der Waals surface area contributed by atoms with Crippen molar-refractivity contribution in [3.63, 3.8) is 0 Å². The molecular weight excluding hydrogens is 206 g/mol. The summed E-state index contributed by atoms with van der Waals surface area (Å²) in [7, 11) is 1.73. The van der Waals surface area contributed by atoms with E-state index in [1.165, 1.54) is 12.8 Å². The molecule has 0 aromatic carbocycles. The van der Waals surface area contributed by atoms with Gasteiger partial charge >= 0.3 is 5.97 Å². The van der Waals surface area contributed by atoms with Gasteiger partial charge in [0.15, 0.2) is 0 Å². The van der Waals surface area contributed by atoms with Crippen molar-refractivity contribution in [3.05, 3.63) is 11.6 Å². The molecule has 1 aliphatic heterocycles. The minimum Gasteiger partial charge on any atom is -0.478 e. The van der Waals surface area contributed by atoms with Crippen LogP contribution in [0.2, 0.25) is 0 Å². The molecule has 0 aromatic rings. The molecule has 0 saturated carbocycles. The normalized spacial score (nSPS) is 23.4. The lowest BCUT2D eigenvalue weighted by Gasteiger charge is -2.31. The van der Waals surface area contributed by atoms with Crippen LogP contribution in [0.15, 0.2) is 11.6 Å². The Bertz CT molecular complexity index is 261. The molecule has 1 unspecified atom stereocenters. The van der Waals surface area contributed by atoms with Crippen LogP contribution in [-0.2, 0) is 9.53 Å². The lowest BCUT2D eigenvalue weighted by molar-refractivity contribution is -0.132. The van der Waals surface area contributed by atoms with E-state index in [9.17, 15) is 4.79 Å². The van der Waals surface area contributed by atoms with Crippen molar-refractivity contribution in [3.8, 4) is 0 Å². The molecule has 1 heterocycles. The summed E-state index contributed by atoms with van der Waals surface area (Å²) in [5.74, 6) is -0.234. The lowest BCUT2D eigenvalue weighted by Crippen LogP contribution is -2.37. The molecule has 0 aliphatic carbocycles. The zero-order chi connectivity index (χ0) is 12.0. The number of rotatable bonds is 5. The third-order valence-electron chi connectivity index (χ3n) is 3.00. The molecule has 1 fully saturated rings. The van der Waals surface area contributed by atoms with Crippen LogP contribution in [0.3, 0.4) is 0 Å². The first-order chi connectivity index (χ1) is 7.63. The van der Waals surface area contributed by atoms with Gasteiger partial charge in [0.1, 0.15) is 0 Å². The number of methoxy groups -OCH3 is 1. The number of hydrogen-bond donors (Lipinski definition) is 1. The van der Waals surface area contributed by atoms with E-state index >= 15 is 0 Å². The van der Waals surface area contributed by atoms with Crippen molar-refractivity contribution in [2.24, 2.45) is 5.92 Å². The first kappa shape index (κ1) is 13.2. The summed E-state index contributed by atoms with van der Waals surface area (Å²) in [6.07, 6.45) is 4.18. The van der Waals surface area contributed by atoms with Crippen molar-refractivity contribution >= 4 is 5.97 Å². The maximum Gasteiger partial charge on any atom is 0.330 e. The number of carbonyl (C=O) groups is 1. The molecule has 0 radical (unpaired) electrons. The van der Waals surface area contributed by atoms with Crippen molar-refractivity contribution in [2.75, 3.05) is 33.4 Å². The van der Waals surface area contributed by atoms with E-state index in [0.717, 1.165) is 26.2 Å². The van der Waals surface area contributed by atoms with Crippen LogP contribution in [0, 0.1) is 5.92 Å². The van der Waals surface area contributed by atoms with E-state index in [1.54, 1.807) is 20.1 Å². The third kappa shape index (κ3) is 4.33. The number of carboxylic acid groups (broad SMARTS) is 1. The van der Waals surface area contributed by atoms with Gasteiger partial charge in [0.25, 0.3) is 0 Å². The molecule has 0 spiro atoms. The Kier molecular flexibility index (Phi) is 5.49. The highest BCUT2D eigenvalue weighted by Crippen LogP contribution is 2.16. The third-order valence-corrected chi connectivity index (χ3v) is 3.00. The van der Waals surface area contributed by atoms with Gasteiger partial charge in [-0.15, -0.1) is 0 Å². The average Bonchev–Trinajstić information content (AvgIpc) is 2.26. The second kappa shape index (κ2) is 6.66. The van der Waals surface area contributed by atoms with E-state index in [-0.39, 0.29) is 0 Å². The highest BCUT2D eigenvalue weighted by molar-refractivity contribution is 5.85. The monoisotopic (exact) mass is 227 g/mol. The van der Waals surface area contributed by atoms with Crippen LogP contribution in [0.1, 0.15) is 19.8 Å². The van der Waals surface area contributed by atoms with Gasteiger partial charge in [-0.05, 0) is 32.2 Å². The number of carboxylic acids is 1. The van der Waals surface area contributed by atoms with Gasteiger partial charge < -0.3 is 9.84 Å². The zero-order valence-corrected chi connectivity index (χ0v) is 10.1. The molecule has 92 valence electrons. The number of hydrogen-bond acceptors (Lipinski definition) is 3. The summed E-state index contributed by atoms with van der Waals surface area (Å²) in [5, 5.41) is 8.74. The minimum atomic E-state index is -0.828. The highest BCUT2D eigenvalue weighted by atomic mass is 16.5. The van der Waals surface area contributed by atoms with Crippen molar-refractivity contribution < 1.29 is 14.6 Å².